The van der Waals surface area contributed by atoms with Crippen molar-refractivity contribution in [1.29, 1.82) is 0 Å². The lowest BCUT2D eigenvalue weighted by molar-refractivity contribution is 0.388. The average Bonchev–Trinajstić information content (AvgIpc) is 2.87. The molecule has 4 aromatic rings. The molecule has 0 spiro atoms. The van der Waals surface area contributed by atoms with Crippen molar-refractivity contribution in [2.24, 2.45) is 9.98 Å². The summed E-state index contributed by atoms with van der Waals surface area (Å²) in [7, 11) is -1.53. The van der Waals surface area contributed by atoms with E-state index in [2.05, 4.69) is 12.1 Å². The Hall–Kier alpha value is -4.09. The van der Waals surface area contributed by atoms with E-state index in [1.165, 1.54) is 0 Å². The van der Waals surface area contributed by atoms with Gasteiger partial charge >= 0.3 is 14.2 Å². The molecule has 0 aromatic heterocycles. The van der Waals surface area contributed by atoms with Gasteiger partial charge in [-0.1, -0.05) is 59.7 Å². The van der Waals surface area contributed by atoms with Crippen LogP contribution in [-0.2, 0) is 4.57 Å². The fourth-order valence-corrected chi connectivity index (χ4v) is 4.31. The third kappa shape index (κ3) is 4.27. The van der Waals surface area contributed by atoms with Crippen LogP contribution in [0.15, 0.2) is 94.9 Å². The van der Waals surface area contributed by atoms with Gasteiger partial charge in [0.05, 0.1) is 11.4 Å². The minimum absolute atomic E-state index is 0.675. The summed E-state index contributed by atoms with van der Waals surface area (Å²) in [4.78, 5) is 9.59. The van der Waals surface area contributed by atoms with Crippen molar-refractivity contribution in [3.63, 3.8) is 0 Å². The van der Waals surface area contributed by atoms with Gasteiger partial charge in [0.25, 0.3) is 0 Å². The van der Waals surface area contributed by atoms with Crippen LogP contribution < -0.4 is 20.2 Å². The molecule has 0 atom stereocenters. The second kappa shape index (κ2) is 8.93. The van der Waals surface area contributed by atoms with Gasteiger partial charge in [-0.3, -0.25) is 9.98 Å². The second-order valence-electron chi connectivity index (χ2n) is 8.75. The maximum Gasteiger partial charge on any atom is 0.552 e. The topological polar surface area (TPSA) is 52.4 Å². The largest absolute Gasteiger partial charge is 0.552 e. The van der Waals surface area contributed by atoms with Crippen molar-refractivity contribution in [2.45, 2.75) is 13.8 Å². The van der Waals surface area contributed by atoms with Gasteiger partial charge in [0, 0.05) is 34.5 Å². The van der Waals surface area contributed by atoms with Crippen molar-refractivity contribution in [3.8, 4) is 11.5 Å². The monoisotopic (exact) mass is 456 g/mol. The van der Waals surface area contributed by atoms with E-state index in [1.54, 1.807) is 0 Å². The van der Waals surface area contributed by atoms with Crippen molar-refractivity contribution in [3.05, 3.63) is 107 Å². The van der Waals surface area contributed by atoms with E-state index in [9.17, 15) is 0 Å². The minimum Gasteiger partial charge on any atom is -0.532 e. The van der Waals surface area contributed by atoms with E-state index in [0.717, 1.165) is 44.6 Å². The van der Waals surface area contributed by atoms with E-state index in [4.69, 9.17) is 23.9 Å². The lowest BCUT2D eigenvalue weighted by Gasteiger charge is -2.26. The molecule has 6 rings (SSSR count). The molecule has 5 nitrogen and oxygen atoms in total. The summed E-state index contributed by atoms with van der Waals surface area (Å²) in [6.45, 7) is 4.10. The molecule has 7 heteroatoms. The molecule has 2 bridgehead atoms. The van der Waals surface area contributed by atoms with Crippen molar-refractivity contribution in [2.75, 3.05) is 0 Å². The molecule has 0 radical (unpaired) electrons. The minimum atomic E-state index is -0.763. The Labute approximate surface area is 205 Å². The fourth-order valence-electron chi connectivity index (χ4n) is 4.31. The highest BCUT2D eigenvalue weighted by atomic mass is 16.6. The van der Waals surface area contributed by atoms with Crippen LogP contribution in [0, 0.1) is 13.8 Å². The summed E-state index contributed by atoms with van der Waals surface area (Å²) < 4.78 is 19.7. The second-order valence-corrected chi connectivity index (χ2v) is 8.75. The molecule has 0 unspecified atom stereocenters. The summed E-state index contributed by atoms with van der Waals surface area (Å²) >= 11 is 0. The molecule has 0 fully saturated rings. The maximum absolute atomic E-state index is 6.64. The van der Waals surface area contributed by atoms with Crippen LogP contribution in [0.5, 0.6) is 11.5 Å². The molecular weight excluding hydrogens is 434 g/mol. The van der Waals surface area contributed by atoms with Crippen LogP contribution in [-0.4, -0.2) is 26.7 Å². The highest BCUT2D eigenvalue weighted by Gasteiger charge is 2.38. The Kier molecular flexibility index (Phi) is 5.47. The Balaban J connectivity index is 1.60. The van der Waals surface area contributed by atoms with Gasteiger partial charge < -0.3 is 13.9 Å². The van der Waals surface area contributed by atoms with Crippen LogP contribution >= 0.6 is 0 Å². The molecule has 0 aliphatic carbocycles. The number of aliphatic imine (C=N–C) groups is 2. The summed E-state index contributed by atoms with van der Waals surface area (Å²) in [5.41, 5.74) is 7.17. The third-order valence-corrected chi connectivity index (χ3v) is 6.11. The zero-order valence-corrected chi connectivity index (χ0v) is 19.5. The fraction of sp³-hybridized carbons (Fsp3) is 0.0714. The maximum atomic E-state index is 6.64. The number of para-hydroxylation sites is 2. The Morgan fingerprint density at radius 3 is 1.51 bits per heavy atom. The van der Waals surface area contributed by atoms with Gasteiger partial charge in [-0.05, 0) is 50.2 Å². The molecule has 0 saturated carbocycles. The Morgan fingerprint density at radius 2 is 1.03 bits per heavy atom. The predicted octanol–water partition coefficient (Wildman–Crippen LogP) is 4.70. The molecular formula is C28H22B2N2O3. The summed E-state index contributed by atoms with van der Waals surface area (Å²) in [6, 6.07) is 27.8. The van der Waals surface area contributed by atoms with Gasteiger partial charge in [0.15, 0.2) is 0 Å². The van der Waals surface area contributed by atoms with Crippen LogP contribution in [0.4, 0.5) is 11.4 Å². The number of aryl methyl sites for hydroxylation is 2. The van der Waals surface area contributed by atoms with Crippen LogP contribution in [0.1, 0.15) is 22.3 Å². The Bertz CT molecular complexity index is 1370. The van der Waals surface area contributed by atoms with Crippen LogP contribution in [0.3, 0.4) is 0 Å². The first-order valence-corrected chi connectivity index (χ1v) is 11.6. The lowest BCUT2D eigenvalue weighted by atomic mass is 9.69. The summed E-state index contributed by atoms with van der Waals surface area (Å²) in [5, 5.41) is 0. The van der Waals surface area contributed by atoms with Crippen LogP contribution in [0.25, 0.3) is 0 Å². The molecule has 0 N–H and O–H groups in total. The van der Waals surface area contributed by atoms with E-state index < -0.39 is 14.2 Å². The molecule has 4 aromatic carbocycles. The number of benzene rings is 4. The smallest absolute Gasteiger partial charge is 0.532 e. The number of nitrogens with zero attached hydrogens (tertiary/aromatic N) is 2. The number of fused-ring (bicyclic) bond motifs is 8. The van der Waals surface area contributed by atoms with E-state index in [0.29, 0.717) is 11.5 Å². The van der Waals surface area contributed by atoms with Crippen molar-refractivity contribution in [1.82, 2.24) is 0 Å². The summed E-state index contributed by atoms with van der Waals surface area (Å²) in [5.74, 6) is 1.35. The first kappa shape index (κ1) is 21.4. The first-order valence-electron chi connectivity index (χ1n) is 11.6. The van der Waals surface area contributed by atoms with E-state index in [1.807, 2.05) is 99.1 Å². The van der Waals surface area contributed by atoms with Gasteiger partial charge in [0.1, 0.15) is 11.5 Å². The highest BCUT2D eigenvalue weighted by molar-refractivity contribution is 6.76. The molecule has 168 valence electrons. The quantitative estimate of drug-likeness (QED) is 0.361. The van der Waals surface area contributed by atoms with Gasteiger partial charge in [-0.15, -0.1) is 0 Å². The summed E-state index contributed by atoms with van der Waals surface area (Å²) in [6.07, 6.45) is 3.68. The molecule has 2 heterocycles. The number of rotatable bonds is 0. The molecule has 35 heavy (non-hydrogen) atoms. The zero-order chi connectivity index (χ0) is 23.8. The highest BCUT2D eigenvalue weighted by Crippen LogP contribution is 2.26. The van der Waals surface area contributed by atoms with Crippen molar-refractivity contribution < 1.29 is 13.9 Å². The lowest BCUT2D eigenvalue weighted by Crippen LogP contribution is -2.51. The standard InChI is InChI=1S/C28H22B2N2O3/c1-19-11-13-27-21(15-19)17-31-25-9-5-3-7-23(25)30-34-28-14-12-20(2)16-22(28)18-32-26-10-6-4-8-24(26)29(33-27)35-30/h3-18H,1-2H3. The number of hydrogen-bond donors (Lipinski definition) is 0. The molecule has 2 aliphatic heterocycles. The van der Waals surface area contributed by atoms with Crippen LogP contribution in [0.2, 0.25) is 0 Å². The van der Waals surface area contributed by atoms with Gasteiger partial charge in [-0.25, -0.2) is 0 Å². The number of hydrogen-bond acceptors (Lipinski definition) is 5. The SMILES string of the molecule is Cc1ccc2c(c1)C=Nc1ccccc1B1OB(O2)c2ccccc2N=Cc2cc(C)ccc2O1. The zero-order valence-electron chi connectivity index (χ0n) is 19.5. The molecule has 0 saturated heterocycles. The van der Waals surface area contributed by atoms with E-state index in [-0.39, 0.29) is 0 Å². The normalized spacial score (nSPS) is 14.0. The van der Waals surface area contributed by atoms with E-state index >= 15 is 0 Å². The first-order chi connectivity index (χ1) is 17.1. The van der Waals surface area contributed by atoms with Gasteiger partial charge in [-0.2, -0.15) is 0 Å². The van der Waals surface area contributed by atoms with Crippen molar-refractivity contribution >= 4 is 49.0 Å². The average molecular weight is 456 g/mol. The predicted molar refractivity (Wildman–Crippen MR) is 143 cm³/mol. The molecule has 2 aliphatic rings. The molecule has 0 amide bonds. The van der Waals surface area contributed by atoms with Gasteiger partial charge in [0.2, 0.25) is 0 Å². The third-order valence-electron chi connectivity index (χ3n) is 6.11. The Morgan fingerprint density at radius 1 is 0.571 bits per heavy atom.